The SMILES string of the molecule is COc1cccc(CC(=O)Cl)c1.Cc1cc(CNC(=O)c2ncnc3c(N)cn(C)c23)ccc1F. The summed E-state index contributed by atoms with van der Waals surface area (Å²) in [6, 6.07) is 12.0. The molecular weight excluding hydrogens is 473 g/mol. The lowest BCUT2D eigenvalue weighted by molar-refractivity contribution is -0.111. The van der Waals surface area contributed by atoms with Gasteiger partial charge in [0.2, 0.25) is 5.24 Å². The molecule has 2 heterocycles. The van der Waals surface area contributed by atoms with Gasteiger partial charge in [0.05, 0.1) is 12.8 Å². The van der Waals surface area contributed by atoms with Gasteiger partial charge in [-0.25, -0.2) is 14.4 Å². The lowest BCUT2D eigenvalue weighted by Gasteiger charge is -2.08. The molecule has 35 heavy (non-hydrogen) atoms. The van der Waals surface area contributed by atoms with E-state index in [9.17, 15) is 14.0 Å². The minimum Gasteiger partial charge on any atom is -0.497 e. The van der Waals surface area contributed by atoms with Crippen LogP contribution in [0.4, 0.5) is 10.1 Å². The Bertz CT molecular complexity index is 1370. The van der Waals surface area contributed by atoms with Crippen LogP contribution in [-0.4, -0.2) is 32.8 Å². The maximum absolute atomic E-state index is 13.3. The number of benzene rings is 2. The maximum atomic E-state index is 13.3. The second-order valence-corrected chi connectivity index (χ2v) is 8.19. The molecule has 0 aliphatic carbocycles. The van der Waals surface area contributed by atoms with Gasteiger partial charge in [0.15, 0.2) is 5.69 Å². The van der Waals surface area contributed by atoms with Gasteiger partial charge in [-0.1, -0.05) is 24.3 Å². The molecule has 0 unspecified atom stereocenters. The van der Waals surface area contributed by atoms with Crippen molar-refractivity contribution in [3.8, 4) is 5.75 Å². The maximum Gasteiger partial charge on any atom is 0.272 e. The van der Waals surface area contributed by atoms with Crippen molar-refractivity contribution in [1.29, 1.82) is 0 Å². The molecule has 0 aliphatic rings. The summed E-state index contributed by atoms with van der Waals surface area (Å²) in [7, 11) is 3.36. The first-order chi connectivity index (χ1) is 16.7. The standard InChI is InChI=1S/C16H16FN5O.C9H9ClO2/c1-9-5-10(3-4-11(9)17)6-19-16(23)14-15-13(20-8-21-14)12(18)7-22(15)2;1-12-8-4-2-3-7(5-8)6-9(10)11/h3-5,7-8H,6,18H2,1-2H3,(H,19,23);2-5H,6H2,1H3. The second kappa shape index (κ2) is 11.4. The van der Waals surface area contributed by atoms with Gasteiger partial charge in [0.25, 0.3) is 5.91 Å². The number of nitrogens with two attached hydrogens (primary N) is 1. The summed E-state index contributed by atoms with van der Waals surface area (Å²) < 4.78 is 20.0. The monoisotopic (exact) mass is 497 g/mol. The van der Waals surface area contributed by atoms with E-state index < -0.39 is 0 Å². The van der Waals surface area contributed by atoms with E-state index in [0.717, 1.165) is 16.9 Å². The van der Waals surface area contributed by atoms with Crippen LogP contribution in [0, 0.1) is 12.7 Å². The highest BCUT2D eigenvalue weighted by Gasteiger charge is 2.17. The van der Waals surface area contributed by atoms with Crippen LogP contribution in [0.2, 0.25) is 0 Å². The molecule has 8 nitrogen and oxygen atoms in total. The zero-order valence-corrected chi connectivity index (χ0v) is 20.3. The third kappa shape index (κ3) is 6.54. The molecule has 0 spiro atoms. The summed E-state index contributed by atoms with van der Waals surface area (Å²) in [6.07, 6.45) is 3.26. The minimum absolute atomic E-state index is 0.249. The van der Waals surface area contributed by atoms with Crippen LogP contribution >= 0.6 is 11.6 Å². The molecule has 10 heteroatoms. The van der Waals surface area contributed by atoms with Gasteiger partial charge in [-0.05, 0) is 53.4 Å². The molecule has 2 aromatic carbocycles. The Balaban J connectivity index is 0.000000241. The molecule has 4 aromatic rings. The highest BCUT2D eigenvalue weighted by molar-refractivity contribution is 6.63. The van der Waals surface area contributed by atoms with E-state index in [2.05, 4.69) is 15.3 Å². The zero-order valence-electron chi connectivity index (χ0n) is 19.5. The summed E-state index contributed by atoms with van der Waals surface area (Å²) in [5.41, 5.74) is 9.96. The third-order valence-corrected chi connectivity index (χ3v) is 5.28. The van der Waals surface area contributed by atoms with E-state index in [4.69, 9.17) is 22.1 Å². The van der Waals surface area contributed by atoms with E-state index >= 15 is 0 Å². The Hall–Kier alpha value is -3.98. The van der Waals surface area contributed by atoms with Crippen molar-refractivity contribution >= 4 is 39.5 Å². The van der Waals surface area contributed by atoms with Crippen molar-refractivity contribution in [1.82, 2.24) is 19.9 Å². The largest absolute Gasteiger partial charge is 0.497 e. The van der Waals surface area contributed by atoms with Gasteiger partial charge in [-0.2, -0.15) is 0 Å². The number of halogens is 2. The van der Waals surface area contributed by atoms with Crippen LogP contribution in [0.25, 0.3) is 11.0 Å². The first kappa shape index (κ1) is 25.6. The number of aryl methyl sites for hydroxylation is 2. The predicted octanol–water partition coefficient (Wildman–Crippen LogP) is 3.93. The quantitative estimate of drug-likeness (QED) is 0.390. The van der Waals surface area contributed by atoms with Gasteiger partial charge in [-0.3, -0.25) is 9.59 Å². The molecule has 1 amide bonds. The molecule has 0 aliphatic heterocycles. The molecule has 0 saturated carbocycles. The van der Waals surface area contributed by atoms with Crippen LogP contribution in [0.15, 0.2) is 55.0 Å². The van der Waals surface area contributed by atoms with Crippen molar-refractivity contribution in [2.45, 2.75) is 19.9 Å². The van der Waals surface area contributed by atoms with E-state index in [1.54, 1.807) is 50.0 Å². The Kier molecular flexibility index (Phi) is 8.38. The predicted molar refractivity (Wildman–Crippen MR) is 133 cm³/mol. The average molecular weight is 498 g/mol. The molecule has 182 valence electrons. The van der Waals surface area contributed by atoms with Gasteiger partial charge < -0.3 is 20.4 Å². The van der Waals surface area contributed by atoms with Gasteiger partial charge >= 0.3 is 0 Å². The number of carbonyl (C=O) groups excluding carboxylic acids is 2. The molecule has 3 N–H and O–H groups in total. The third-order valence-electron chi connectivity index (χ3n) is 5.15. The molecule has 4 rings (SSSR count). The van der Waals surface area contributed by atoms with E-state index in [0.29, 0.717) is 22.3 Å². The van der Waals surface area contributed by atoms with Crippen molar-refractivity contribution < 1.29 is 18.7 Å². The second-order valence-electron chi connectivity index (χ2n) is 7.76. The highest BCUT2D eigenvalue weighted by Crippen LogP contribution is 2.22. The molecule has 0 saturated heterocycles. The number of hydrogen-bond acceptors (Lipinski definition) is 6. The first-order valence-corrected chi connectivity index (χ1v) is 11.0. The number of nitrogens with zero attached hydrogens (tertiary/aromatic N) is 3. The lowest BCUT2D eigenvalue weighted by atomic mass is 10.1. The van der Waals surface area contributed by atoms with Crippen molar-refractivity contribution in [2.75, 3.05) is 12.8 Å². The lowest BCUT2D eigenvalue weighted by Crippen LogP contribution is -2.24. The number of rotatable bonds is 6. The fourth-order valence-corrected chi connectivity index (χ4v) is 3.60. The summed E-state index contributed by atoms with van der Waals surface area (Å²) in [6.45, 7) is 1.96. The minimum atomic E-state index is -0.358. The highest BCUT2D eigenvalue weighted by atomic mass is 35.5. The van der Waals surface area contributed by atoms with Crippen LogP contribution in [0.5, 0.6) is 5.75 Å². The van der Waals surface area contributed by atoms with Crippen molar-refractivity contribution in [3.63, 3.8) is 0 Å². The van der Waals surface area contributed by atoms with Gasteiger partial charge in [0, 0.05) is 26.2 Å². The molecule has 0 bridgehead atoms. The first-order valence-electron chi connectivity index (χ1n) is 10.6. The Labute approximate surface area is 206 Å². The smallest absolute Gasteiger partial charge is 0.272 e. The zero-order chi connectivity index (χ0) is 25.5. The van der Waals surface area contributed by atoms with Crippen LogP contribution in [-0.2, 0) is 24.8 Å². The van der Waals surface area contributed by atoms with E-state index in [1.165, 1.54) is 12.4 Å². The molecule has 0 fully saturated rings. The van der Waals surface area contributed by atoms with Gasteiger partial charge in [-0.15, -0.1) is 0 Å². The van der Waals surface area contributed by atoms with Gasteiger partial charge in [0.1, 0.15) is 28.9 Å². The summed E-state index contributed by atoms with van der Waals surface area (Å²) >= 11 is 5.23. The topological polar surface area (TPSA) is 112 Å². The molecule has 0 atom stereocenters. The number of amides is 1. The van der Waals surface area contributed by atoms with Crippen LogP contribution < -0.4 is 15.8 Å². The fourth-order valence-electron chi connectivity index (χ4n) is 3.45. The molecule has 2 aromatic heterocycles. The fraction of sp³-hybridized carbons (Fsp3) is 0.200. The van der Waals surface area contributed by atoms with E-state index in [-0.39, 0.29) is 35.6 Å². The number of carbonyl (C=O) groups is 2. The Morgan fingerprint density at radius 2 is 1.94 bits per heavy atom. The van der Waals surface area contributed by atoms with Crippen molar-refractivity contribution in [2.24, 2.45) is 7.05 Å². The number of nitrogens with one attached hydrogen (secondary N) is 1. The average Bonchev–Trinajstić information content (AvgIpc) is 3.13. The Morgan fingerprint density at radius 1 is 1.17 bits per heavy atom. The molecule has 0 radical (unpaired) electrons. The van der Waals surface area contributed by atoms with E-state index in [1.807, 2.05) is 18.2 Å². The number of aromatic nitrogens is 3. The number of methoxy groups -OCH3 is 1. The Morgan fingerprint density at radius 3 is 2.63 bits per heavy atom. The summed E-state index contributed by atoms with van der Waals surface area (Å²) in [5, 5.41) is 2.43. The number of nitrogen functional groups attached to an aromatic ring is 1. The number of ether oxygens (including phenoxy) is 1. The van der Waals surface area contributed by atoms with Crippen molar-refractivity contribution in [3.05, 3.63) is 83.2 Å². The summed E-state index contributed by atoms with van der Waals surface area (Å²) in [5.74, 6) is 0.142. The molecular formula is C25H25ClFN5O3. The number of hydrogen-bond donors (Lipinski definition) is 2. The number of anilines is 1. The normalized spacial score (nSPS) is 10.4. The number of fused-ring (bicyclic) bond motifs is 1. The summed E-state index contributed by atoms with van der Waals surface area (Å²) in [4.78, 5) is 31.1. The van der Waals surface area contributed by atoms with Crippen LogP contribution in [0.3, 0.4) is 0 Å². The van der Waals surface area contributed by atoms with Crippen LogP contribution in [0.1, 0.15) is 27.2 Å².